The van der Waals surface area contributed by atoms with E-state index >= 15 is 0 Å². The molecule has 1 aromatic rings. The summed E-state index contributed by atoms with van der Waals surface area (Å²) in [5.74, 6) is -2.07. The van der Waals surface area contributed by atoms with E-state index in [0.717, 1.165) is 6.07 Å². The van der Waals surface area contributed by atoms with Crippen molar-refractivity contribution in [3.63, 3.8) is 0 Å². The lowest BCUT2D eigenvalue weighted by Crippen LogP contribution is -2.31. The third-order valence-electron chi connectivity index (χ3n) is 2.87. The molecule has 0 spiro atoms. The number of benzene rings is 1. The van der Waals surface area contributed by atoms with Crippen molar-refractivity contribution >= 4 is 28.5 Å². The van der Waals surface area contributed by atoms with Gasteiger partial charge in [-0.2, -0.15) is 0 Å². The topological polar surface area (TPSA) is 95.5 Å². The molecule has 1 aromatic carbocycles. The fourth-order valence-corrected chi connectivity index (χ4v) is 1.92. The second kappa shape index (κ2) is 7.72. The van der Waals surface area contributed by atoms with Crippen molar-refractivity contribution in [1.82, 2.24) is 5.32 Å². The minimum Gasteiger partial charge on any atom is -0.478 e. The molecular formula is C13H17FN2O4S. The number of hydrogen-bond acceptors (Lipinski definition) is 3. The highest BCUT2D eigenvalue weighted by Gasteiger charge is 2.11. The molecule has 21 heavy (non-hydrogen) atoms. The summed E-state index contributed by atoms with van der Waals surface area (Å²) in [6.45, 7) is 2.11. The number of carboxylic acids is 1. The molecule has 0 aliphatic heterocycles. The number of carboxylic acid groups (broad SMARTS) is 1. The first-order valence-electron chi connectivity index (χ1n) is 6.21. The monoisotopic (exact) mass is 316 g/mol. The van der Waals surface area contributed by atoms with Crippen LogP contribution in [0.15, 0.2) is 18.2 Å². The Labute approximate surface area is 124 Å². The van der Waals surface area contributed by atoms with Gasteiger partial charge < -0.3 is 15.7 Å². The van der Waals surface area contributed by atoms with Crippen LogP contribution in [0, 0.1) is 5.82 Å². The van der Waals surface area contributed by atoms with Crippen LogP contribution in [0.1, 0.15) is 23.7 Å². The molecular weight excluding hydrogens is 299 g/mol. The van der Waals surface area contributed by atoms with E-state index in [0.29, 0.717) is 13.0 Å². The van der Waals surface area contributed by atoms with Gasteiger partial charge in [-0.25, -0.2) is 14.0 Å². The van der Waals surface area contributed by atoms with Gasteiger partial charge >= 0.3 is 12.0 Å². The van der Waals surface area contributed by atoms with E-state index in [1.54, 1.807) is 13.2 Å². The Balaban J connectivity index is 2.52. The molecule has 0 radical (unpaired) electrons. The number of nitrogens with one attached hydrogen (secondary N) is 2. The second-order valence-corrected chi connectivity index (χ2v) is 6.28. The Morgan fingerprint density at radius 2 is 2.10 bits per heavy atom. The molecule has 2 amide bonds. The highest BCUT2D eigenvalue weighted by atomic mass is 32.2. The van der Waals surface area contributed by atoms with Crippen molar-refractivity contribution in [3.8, 4) is 0 Å². The molecule has 0 aliphatic carbocycles. The van der Waals surface area contributed by atoms with Crippen molar-refractivity contribution in [2.24, 2.45) is 0 Å². The Morgan fingerprint density at radius 1 is 1.43 bits per heavy atom. The molecule has 0 fully saturated rings. The van der Waals surface area contributed by atoms with E-state index in [2.05, 4.69) is 10.6 Å². The van der Waals surface area contributed by atoms with E-state index in [9.17, 15) is 18.2 Å². The molecule has 3 N–H and O–H groups in total. The van der Waals surface area contributed by atoms with E-state index in [4.69, 9.17) is 5.11 Å². The van der Waals surface area contributed by atoms with Crippen LogP contribution in [0.25, 0.3) is 0 Å². The third kappa shape index (κ3) is 5.50. The average Bonchev–Trinajstić information content (AvgIpc) is 2.40. The maximum Gasteiger partial charge on any atom is 0.335 e. The van der Waals surface area contributed by atoms with Crippen LogP contribution in [-0.4, -0.2) is 39.4 Å². The van der Waals surface area contributed by atoms with Crippen LogP contribution in [0.2, 0.25) is 0 Å². The number of rotatable bonds is 6. The van der Waals surface area contributed by atoms with Gasteiger partial charge in [0, 0.05) is 28.9 Å². The normalized spacial score (nSPS) is 13.3. The number of aromatic carboxylic acids is 1. The summed E-state index contributed by atoms with van der Waals surface area (Å²) in [6.07, 6.45) is 2.13. The molecule has 116 valence electrons. The van der Waals surface area contributed by atoms with Gasteiger partial charge in [0.1, 0.15) is 5.82 Å². The highest BCUT2D eigenvalue weighted by molar-refractivity contribution is 7.84. The number of amides is 2. The minimum atomic E-state index is -1.24. The first-order chi connectivity index (χ1) is 9.81. The zero-order chi connectivity index (χ0) is 16.0. The molecule has 2 unspecified atom stereocenters. The molecule has 6 nitrogen and oxygen atoms in total. The van der Waals surface area contributed by atoms with Gasteiger partial charge in [0.05, 0.1) is 11.3 Å². The molecule has 8 heteroatoms. The highest BCUT2D eigenvalue weighted by Crippen LogP contribution is 2.15. The smallest absolute Gasteiger partial charge is 0.335 e. The lowest BCUT2D eigenvalue weighted by Gasteiger charge is -2.11. The minimum absolute atomic E-state index is 0.0445. The number of anilines is 1. The Kier molecular flexibility index (Phi) is 6.29. The van der Waals surface area contributed by atoms with Crippen LogP contribution in [0.3, 0.4) is 0 Å². The third-order valence-corrected chi connectivity index (χ3v) is 4.24. The zero-order valence-corrected chi connectivity index (χ0v) is 12.5. The summed E-state index contributed by atoms with van der Waals surface area (Å²) in [7, 11) is -0.961. The predicted octanol–water partition coefficient (Wildman–Crippen LogP) is 1.80. The lowest BCUT2D eigenvalue weighted by molar-refractivity contribution is 0.0696. The van der Waals surface area contributed by atoms with Gasteiger partial charge in [-0.3, -0.25) is 4.21 Å². The average molecular weight is 316 g/mol. The van der Waals surface area contributed by atoms with Gasteiger partial charge in [-0.15, -0.1) is 0 Å². The van der Waals surface area contributed by atoms with Crippen molar-refractivity contribution in [2.45, 2.75) is 18.6 Å². The standard InChI is InChI=1S/C13H17FN2O4S/c1-8(21(2)20)5-6-15-13(19)16-11-4-3-9(12(17)18)7-10(11)14/h3-4,7-8H,5-6H2,1-2H3,(H,17,18)(H2,15,16,19). The van der Waals surface area contributed by atoms with Crippen molar-refractivity contribution in [2.75, 3.05) is 18.1 Å². The molecule has 0 saturated carbocycles. The molecule has 0 bridgehead atoms. The number of urea groups is 1. The molecule has 1 rings (SSSR count). The number of carbonyl (C=O) groups is 2. The van der Waals surface area contributed by atoms with Gasteiger partial charge in [0.15, 0.2) is 0 Å². The fraction of sp³-hybridized carbons (Fsp3) is 0.385. The summed E-state index contributed by atoms with van der Waals surface area (Å²) in [5.41, 5.74) is -0.303. The van der Waals surface area contributed by atoms with E-state index < -0.39 is 28.6 Å². The lowest BCUT2D eigenvalue weighted by atomic mass is 10.2. The van der Waals surface area contributed by atoms with Crippen LogP contribution >= 0.6 is 0 Å². The summed E-state index contributed by atoms with van der Waals surface area (Å²) in [6, 6.07) is 2.61. The summed E-state index contributed by atoms with van der Waals surface area (Å²) >= 11 is 0. The molecule has 0 aliphatic rings. The largest absolute Gasteiger partial charge is 0.478 e. The Morgan fingerprint density at radius 3 is 2.62 bits per heavy atom. The SMILES string of the molecule is CC(CCNC(=O)Nc1ccc(C(=O)O)cc1F)S(C)=O. The Hall–Kier alpha value is -1.96. The van der Waals surface area contributed by atoms with Crippen LogP contribution < -0.4 is 10.6 Å². The first kappa shape index (κ1) is 17.1. The molecule has 0 aromatic heterocycles. The van der Waals surface area contributed by atoms with E-state index in [-0.39, 0.29) is 16.5 Å². The second-order valence-electron chi connectivity index (χ2n) is 4.48. The van der Waals surface area contributed by atoms with E-state index in [1.807, 2.05) is 0 Å². The molecule has 2 atom stereocenters. The maximum atomic E-state index is 13.6. The van der Waals surface area contributed by atoms with Crippen LogP contribution in [0.4, 0.5) is 14.9 Å². The van der Waals surface area contributed by atoms with Gasteiger partial charge in [0.25, 0.3) is 0 Å². The van der Waals surface area contributed by atoms with Crippen LogP contribution in [-0.2, 0) is 10.8 Å². The summed E-state index contributed by atoms with van der Waals surface area (Å²) < 4.78 is 24.7. The summed E-state index contributed by atoms with van der Waals surface area (Å²) in [4.78, 5) is 22.2. The van der Waals surface area contributed by atoms with Gasteiger partial charge in [-0.1, -0.05) is 6.92 Å². The van der Waals surface area contributed by atoms with E-state index in [1.165, 1.54) is 12.1 Å². The quantitative estimate of drug-likeness (QED) is 0.746. The first-order valence-corrected chi connectivity index (χ1v) is 7.83. The zero-order valence-electron chi connectivity index (χ0n) is 11.7. The van der Waals surface area contributed by atoms with Crippen molar-refractivity contribution in [3.05, 3.63) is 29.6 Å². The molecule has 0 heterocycles. The molecule has 0 saturated heterocycles. The predicted molar refractivity (Wildman–Crippen MR) is 78.5 cm³/mol. The fourth-order valence-electron chi connectivity index (χ4n) is 1.47. The summed E-state index contributed by atoms with van der Waals surface area (Å²) in [5, 5.41) is 13.5. The maximum absolute atomic E-state index is 13.6. The van der Waals surface area contributed by atoms with Crippen molar-refractivity contribution < 1.29 is 23.3 Å². The Bertz CT molecular complexity index is 565. The van der Waals surface area contributed by atoms with Gasteiger partial charge in [0.2, 0.25) is 0 Å². The number of carbonyl (C=O) groups excluding carboxylic acids is 1. The van der Waals surface area contributed by atoms with Crippen LogP contribution in [0.5, 0.6) is 0 Å². The van der Waals surface area contributed by atoms with Gasteiger partial charge in [-0.05, 0) is 24.6 Å². The number of halogens is 1. The number of hydrogen-bond donors (Lipinski definition) is 3. The van der Waals surface area contributed by atoms with Crippen molar-refractivity contribution in [1.29, 1.82) is 0 Å².